The number of carbonyl (C=O) groups excluding carboxylic acids is 1. The van der Waals surface area contributed by atoms with Crippen LogP contribution in [0.15, 0.2) is 36.5 Å². The van der Waals surface area contributed by atoms with Gasteiger partial charge in [-0.25, -0.2) is 4.98 Å². The van der Waals surface area contributed by atoms with Gasteiger partial charge >= 0.3 is 0 Å². The number of piperazine rings is 1. The maximum Gasteiger partial charge on any atom is 0.272 e. The van der Waals surface area contributed by atoms with Crippen molar-refractivity contribution >= 4 is 17.3 Å². The molecule has 1 N–H and O–H groups in total. The molecule has 1 aromatic heterocycles. The Morgan fingerprint density at radius 1 is 1.10 bits per heavy atom. The van der Waals surface area contributed by atoms with Crippen molar-refractivity contribution in [3.8, 4) is 0 Å². The Morgan fingerprint density at radius 3 is 2.52 bits per heavy atom. The zero-order valence-corrected chi connectivity index (χ0v) is 18.1. The standard InChI is InChI=1S/C23H33N5O/c1-18-7-5-8-22(19(18)2)27-13-15-28(16-14-27)23(29)21-10-9-20(17-25-21)24-11-6-12-26(3)4/h5,7-10,17,24H,6,11-16H2,1-4H3. The summed E-state index contributed by atoms with van der Waals surface area (Å²) < 4.78 is 0. The van der Waals surface area contributed by atoms with Crippen LogP contribution in [0.3, 0.4) is 0 Å². The van der Waals surface area contributed by atoms with Crippen molar-refractivity contribution in [2.75, 3.05) is 63.6 Å². The maximum absolute atomic E-state index is 12.8. The summed E-state index contributed by atoms with van der Waals surface area (Å²) in [7, 11) is 4.15. The van der Waals surface area contributed by atoms with Crippen LogP contribution in [-0.2, 0) is 0 Å². The molecule has 0 spiro atoms. The first-order valence-electron chi connectivity index (χ1n) is 10.4. The normalized spacial score (nSPS) is 14.4. The van der Waals surface area contributed by atoms with Crippen LogP contribution in [0, 0.1) is 13.8 Å². The zero-order chi connectivity index (χ0) is 20.8. The number of aryl methyl sites for hydroxylation is 1. The lowest BCUT2D eigenvalue weighted by Gasteiger charge is -2.37. The Hall–Kier alpha value is -2.60. The van der Waals surface area contributed by atoms with Crippen molar-refractivity contribution in [1.29, 1.82) is 0 Å². The lowest BCUT2D eigenvalue weighted by atomic mass is 10.1. The number of carbonyl (C=O) groups is 1. The second-order valence-corrected chi connectivity index (χ2v) is 8.01. The van der Waals surface area contributed by atoms with Crippen LogP contribution < -0.4 is 10.2 Å². The molecule has 1 saturated heterocycles. The minimum atomic E-state index is 0.0183. The molecule has 6 nitrogen and oxygen atoms in total. The largest absolute Gasteiger partial charge is 0.384 e. The number of pyridine rings is 1. The highest BCUT2D eigenvalue weighted by Crippen LogP contribution is 2.24. The van der Waals surface area contributed by atoms with Crippen LogP contribution in [0.1, 0.15) is 28.0 Å². The summed E-state index contributed by atoms with van der Waals surface area (Å²) in [4.78, 5) is 23.7. The minimum absolute atomic E-state index is 0.0183. The second kappa shape index (κ2) is 9.74. The Labute approximate surface area is 174 Å². The predicted molar refractivity (Wildman–Crippen MR) is 120 cm³/mol. The summed E-state index contributed by atoms with van der Waals surface area (Å²) in [5.41, 5.74) is 5.38. The summed E-state index contributed by atoms with van der Waals surface area (Å²) in [6.45, 7) is 9.39. The molecule has 2 heterocycles. The maximum atomic E-state index is 12.8. The van der Waals surface area contributed by atoms with Crippen molar-refractivity contribution < 1.29 is 4.79 Å². The van der Waals surface area contributed by atoms with E-state index in [1.807, 2.05) is 17.0 Å². The molecule has 0 aliphatic carbocycles. The number of hydrogen-bond donors (Lipinski definition) is 1. The highest BCUT2D eigenvalue weighted by atomic mass is 16.2. The van der Waals surface area contributed by atoms with E-state index in [4.69, 9.17) is 0 Å². The van der Waals surface area contributed by atoms with Crippen LogP contribution in [0.2, 0.25) is 0 Å². The minimum Gasteiger partial charge on any atom is -0.384 e. The van der Waals surface area contributed by atoms with Gasteiger partial charge in [0.2, 0.25) is 0 Å². The van der Waals surface area contributed by atoms with Crippen molar-refractivity contribution in [2.24, 2.45) is 0 Å². The summed E-state index contributed by atoms with van der Waals surface area (Å²) >= 11 is 0. The monoisotopic (exact) mass is 395 g/mol. The molecule has 1 aromatic carbocycles. The molecule has 0 unspecified atom stereocenters. The van der Waals surface area contributed by atoms with E-state index in [1.54, 1.807) is 6.20 Å². The van der Waals surface area contributed by atoms with Gasteiger partial charge in [0.15, 0.2) is 0 Å². The van der Waals surface area contributed by atoms with Crippen molar-refractivity contribution in [2.45, 2.75) is 20.3 Å². The Morgan fingerprint density at radius 2 is 1.86 bits per heavy atom. The molecule has 29 heavy (non-hydrogen) atoms. The smallest absolute Gasteiger partial charge is 0.272 e. The third-order valence-electron chi connectivity index (χ3n) is 5.58. The molecule has 6 heteroatoms. The molecule has 0 radical (unpaired) electrons. The number of nitrogens with zero attached hydrogens (tertiary/aromatic N) is 4. The summed E-state index contributed by atoms with van der Waals surface area (Å²) in [6, 6.07) is 10.2. The van der Waals surface area contributed by atoms with E-state index < -0.39 is 0 Å². The van der Waals surface area contributed by atoms with Crippen LogP contribution in [0.5, 0.6) is 0 Å². The first-order chi connectivity index (χ1) is 14.0. The van der Waals surface area contributed by atoms with Gasteiger partial charge in [0, 0.05) is 38.4 Å². The zero-order valence-electron chi connectivity index (χ0n) is 18.1. The van der Waals surface area contributed by atoms with Crippen molar-refractivity contribution in [1.82, 2.24) is 14.8 Å². The molecule has 1 aliphatic heterocycles. The third kappa shape index (κ3) is 5.48. The molecule has 3 rings (SSSR count). The first-order valence-corrected chi connectivity index (χ1v) is 10.4. The number of hydrogen-bond acceptors (Lipinski definition) is 5. The quantitative estimate of drug-likeness (QED) is 0.731. The fourth-order valence-electron chi connectivity index (χ4n) is 3.64. The summed E-state index contributed by atoms with van der Waals surface area (Å²) in [5.74, 6) is 0.0183. The molecular weight excluding hydrogens is 362 g/mol. The van der Waals surface area contributed by atoms with Gasteiger partial charge < -0.3 is 20.0 Å². The van der Waals surface area contributed by atoms with Gasteiger partial charge in [0.05, 0.1) is 11.9 Å². The molecule has 1 amide bonds. The first kappa shape index (κ1) is 21.1. The number of aromatic nitrogens is 1. The molecular formula is C23H33N5O. The number of anilines is 2. The van der Waals surface area contributed by atoms with Gasteiger partial charge in [-0.2, -0.15) is 0 Å². The summed E-state index contributed by atoms with van der Waals surface area (Å²) in [6.07, 6.45) is 2.83. The van der Waals surface area contributed by atoms with Crippen molar-refractivity contribution in [3.63, 3.8) is 0 Å². The molecule has 1 aliphatic rings. The van der Waals surface area contributed by atoms with Gasteiger partial charge in [0.1, 0.15) is 5.69 Å². The molecule has 1 fully saturated rings. The topological polar surface area (TPSA) is 51.7 Å². The van der Waals surface area contributed by atoms with Crippen LogP contribution in [-0.4, -0.2) is 74.1 Å². The molecule has 2 aromatic rings. The van der Waals surface area contributed by atoms with E-state index in [1.165, 1.54) is 16.8 Å². The van der Waals surface area contributed by atoms with Gasteiger partial charge in [-0.1, -0.05) is 12.1 Å². The van der Waals surface area contributed by atoms with Gasteiger partial charge in [-0.05, 0) is 70.2 Å². The molecule has 0 atom stereocenters. The second-order valence-electron chi connectivity index (χ2n) is 8.01. The van der Waals surface area contributed by atoms with E-state index >= 15 is 0 Å². The van der Waals surface area contributed by atoms with E-state index in [-0.39, 0.29) is 5.91 Å². The predicted octanol–water partition coefficient (Wildman–Crippen LogP) is 3.02. The van der Waals surface area contributed by atoms with Gasteiger partial charge in [0.25, 0.3) is 5.91 Å². The molecule has 156 valence electrons. The highest BCUT2D eigenvalue weighted by molar-refractivity contribution is 5.92. The van der Waals surface area contributed by atoms with E-state index in [0.717, 1.165) is 51.4 Å². The van der Waals surface area contributed by atoms with Crippen molar-refractivity contribution in [3.05, 3.63) is 53.3 Å². The lowest BCUT2D eigenvalue weighted by molar-refractivity contribution is 0.0741. The lowest BCUT2D eigenvalue weighted by Crippen LogP contribution is -2.49. The van der Waals surface area contributed by atoms with E-state index in [0.29, 0.717) is 5.69 Å². The summed E-state index contributed by atoms with van der Waals surface area (Å²) in [5, 5.41) is 3.36. The molecule has 0 saturated carbocycles. The van der Waals surface area contributed by atoms with Gasteiger partial charge in [-0.3, -0.25) is 4.79 Å². The molecule has 0 bridgehead atoms. The van der Waals surface area contributed by atoms with Crippen LogP contribution in [0.4, 0.5) is 11.4 Å². The Balaban J connectivity index is 1.52. The fraction of sp³-hybridized carbons (Fsp3) is 0.478. The number of amides is 1. The Kier molecular flexibility index (Phi) is 7.09. The number of rotatable bonds is 7. The SMILES string of the molecule is Cc1cccc(N2CCN(C(=O)c3ccc(NCCCN(C)C)cn3)CC2)c1C. The average molecular weight is 396 g/mol. The van der Waals surface area contributed by atoms with Crippen LogP contribution in [0.25, 0.3) is 0 Å². The number of benzene rings is 1. The van der Waals surface area contributed by atoms with Gasteiger partial charge in [-0.15, -0.1) is 0 Å². The average Bonchev–Trinajstić information content (AvgIpc) is 2.73. The highest BCUT2D eigenvalue weighted by Gasteiger charge is 2.23. The number of nitrogens with one attached hydrogen (secondary N) is 1. The van der Waals surface area contributed by atoms with Crippen LogP contribution >= 0.6 is 0 Å². The van der Waals surface area contributed by atoms with E-state index in [9.17, 15) is 4.79 Å². The van der Waals surface area contributed by atoms with E-state index in [2.05, 4.69) is 66.2 Å². The third-order valence-corrected chi connectivity index (χ3v) is 5.58. The fourth-order valence-corrected chi connectivity index (χ4v) is 3.64. The Bertz CT molecular complexity index is 811.